The Morgan fingerprint density at radius 2 is 0.837 bits per heavy atom. The molecule has 0 spiro atoms. The molecule has 2 N–H and O–H groups in total. The van der Waals surface area contributed by atoms with Gasteiger partial charge in [0.2, 0.25) is 0 Å². The number of esters is 1. The lowest BCUT2D eigenvalue weighted by Gasteiger charge is -2.40. The first-order chi connectivity index (χ1) is 18.8. The van der Waals surface area contributed by atoms with E-state index in [9.17, 15) is 19.8 Å². The molecule has 0 saturated heterocycles. The van der Waals surface area contributed by atoms with Gasteiger partial charge >= 0.3 is 11.9 Å². The van der Waals surface area contributed by atoms with Crippen LogP contribution in [0.5, 0.6) is 11.5 Å². The van der Waals surface area contributed by atoms with Crippen molar-refractivity contribution in [3.05, 3.63) is 56.6 Å². The van der Waals surface area contributed by atoms with Gasteiger partial charge in [-0.05, 0) is 55.7 Å². The van der Waals surface area contributed by atoms with Gasteiger partial charge in [0.05, 0.1) is 11.1 Å². The second-order valence-corrected chi connectivity index (χ2v) is 18.3. The summed E-state index contributed by atoms with van der Waals surface area (Å²) in [6, 6.07) is 3.26. The van der Waals surface area contributed by atoms with Crippen LogP contribution in [0.4, 0.5) is 0 Å². The minimum atomic E-state index is -1.03. The van der Waals surface area contributed by atoms with Gasteiger partial charge in [0.15, 0.2) is 0 Å². The summed E-state index contributed by atoms with van der Waals surface area (Å²) in [6.07, 6.45) is 0. The normalized spacial score (nSPS) is 13.7. The third-order valence-corrected chi connectivity index (χ3v) is 7.82. The van der Waals surface area contributed by atoms with Crippen LogP contribution in [-0.4, -0.2) is 22.2 Å². The maximum atomic E-state index is 15.0. The van der Waals surface area contributed by atoms with Crippen molar-refractivity contribution in [2.45, 2.75) is 157 Å². The van der Waals surface area contributed by atoms with E-state index < -0.39 is 44.4 Å². The summed E-state index contributed by atoms with van der Waals surface area (Å²) < 4.78 is 6.58. The van der Waals surface area contributed by atoms with Gasteiger partial charge in [-0.15, -0.1) is 0 Å². The quantitative estimate of drug-likeness (QED) is 0.273. The number of phenolic OH excluding ortho intramolecular Hbond substituents is 1. The van der Waals surface area contributed by atoms with Gasteiger partial charge in [-0.3, -0.25) is 0 Å². The third-order valence-electron chi connectivity index (χ3n) is 7.82. The van der Waals surface area contributed by atoms with E-state index in [2.05, 4.69) is 83.1 Å². The average molecular weight is 595 g/mol. The first-order valence-electron chi connectivity index (χ1n) is 15.4. The molecule has 0 aliphatic heterocycles. The van der Waals surface area contributed by atoms with Crippen LogP contribution in [0.2, 0.25) is 0 Å². The van der Waals surface area contributed by atoms with E-state index in [0.717, 1.165) is 22.3 Å². The Balaban J connectivity index is 3.30. The molecule has 0 bridgehead atoms. The van der Waals surface area contributed by atoms with Crippen LogP contribution in [0.3, 0.4) is 0 Å². The fourth-order valence-corrected chi connectivity index (χ4v) is 6.02. The molecule has 2 rings (SSSR count). The van der Waals surface area contributed by atoms with E-state index >= 15 is 0 Å². The van der Waals surface area contributed by atoms with Crippen LogP contribution in [0.1, 0.15) is 179 Å². The van der Waals surface area contributed by atoms with E-state index in [1.165, 1.54) is 0 Å². The van der Waals surface area contributed by atoms with Gasteiger partial charge in [-0.2, -0.15) is 0 Å². The Labute approximate surface area is 261 Å². The highest BCUT2D eigenvalue weighted by Gasteiger charge is 2.43. The van der Waals surface area contributed by atoms with E-state index in [-0.39, 0.29) is 11.3 Å². The number of phenols is 1. The van der Waals surface area contributed by atoms with E-state index in [1.807, 2.05) is 41.5 Å². The molecule has 0 saturated carbocycles. The second kappa shape index (κ2) is 11.0. The Kier molecular flexibility index (Phi) is 9.27. The molecular formula is C38H58O5. The summed E-state index contributed by atoms with van der Waals surface area (Å²) in [5.41, 5.74) is 2.00. The molecule has 0 unspecified atom stereocenters. The summed E-state index contributed by atoms with van der Waals surface area (Å²) in [7, 11) is 0. The second-order valence-electron chi connectivity index (χ2n) is 18.3. The van der Waals surface area contributed by atoms with Gasteiger partial charge in [0.1, 0.15) is 11.5 Å². The van der Waals surface area contributed by atoms with Crippen molar-refractivity contribution >= 4 is 11.9 Å². The Bertz CT molecular complexity index is 1330. The van der Waals surface area contributed by atoms with E-state index in [0.29, 0.717) is 22.4 Å². The first kappa shape index (κ1) is 36.4. The molecule has 0 atom stereocenters. The zero-order valence-corrected chi connectivity index (χ0v) is 30.3. The number of benzene rings is 2. The molecule has 2 aromatic rings. The van der Waals surface area contributed by atoms with Gasteiger partial charge in [0, 0.05) is 22.3 Å². The molecular weight excluding hydrogens is 536 g/mol. The van der Waals surface area contributed by atoms with Gasteiger partial charge in [0.25, 0.3) is 0 Å². The van der Waals surface area contributed by atoms with Crippen LogP contribution in [0.15, 0.2) is 12.1 Å². The average Bonchev–Trinajstić information content (AvgIpc) is 2.73. The molecule has 0 heterocycles. The standard InChI is InChI=1S/C38H58O5/c1-33(2,3)22-19-21(31(40)41)20-23(34(4,5)6)30(22)43-32(42)24-25(35(7,8)9)27(37(13,14)15)29(39)28(38(16,17)18)26(24)36(10,11)12/h19-20,39H,1-18H3,(H,40,41). The van der Waals surface area contributed by atoms with Crippen LogP contribution in [-0.2, 0) is 32.5 Å². The molecule has 0 aromatic heterocycles. The predicted octanol–water partition coefficient (Wildman–Crippen LogP) is 10.1. The smallest absolute Gasteiger partial charge is 0.344 e. The molecule has 5 heteroatoms. The number of hydrogen-bond donors (Lipinski definition) is 2. The van der Waals surface area contributed by atoms with Gasteiger partial charge < -0.3 is 14.9 Å². The predicted molar refractivity (Wildman–Crippen MR) is 179 cm³/mol. The molecule has 240 valence electrons. The number of carboxylic acids is 1. The van der Waals surface area contributed by atoms with Crippen molar-refractivity contribution in [1.29, 1.82) is 0 Å². The Morgan fingerprint density at radius 3 is 1.07 bits per heavy atom. The number of hydrogen-bond acceptors (Lipinski definition) is 4. The molecule has 0 radical (unpaired) electrons. The zero-order chi connectivity index (χ0) is 34.0. The largest absolute Gasteiger partial charge is 0.507 e. The molecule has 5 nitrogen and oxygen atoms in total. The minimum Gasteiger partial charge on any atom is -0.507 e. The molecule has 0 fully saturated rings. The van der Waals surface area contributed by atoms with E-state index in [4.69, 9.17) is 4.74 Å². The maximum Gasteiger partial charge on any atom is 0.344 e. The van der Waals surface area contributed by atoms with E-state index in [1.54, 1.807) is 12.1 Å². The number of carbonyl (C=O) groups excluding carboxylic acids is 1. The summed E-state index contributed by atoms with van der Waals surface area (Å²) in [4.78, 5) is 27.2. The number of aromatic hydroxyl groups is 1. The van der Waals surface area contributed by atoms with Crippen molar-refractivity contribution in [3.63, 3.8) is 0 Å². The van der Waals surface area contributed by atoms with Crippen molar-refractivity contribution in [2.75, 3.05) is 0 Å². The number of ether oxygens (including phenoxy) is 1. The Morgan fingerprint density at radius 1 is 0.535 bits per heavy atom. The van der Waals surface area contributed by atoms with Crippen LogP contribution >= 0.6 is 0 Å². The van der Waals surface area contributed by atoms with Crippen LogP contribution in [0, 0.1) is 0 Å². The highest BCUT2D eigenvalue weighted by atomic mass is 16.5. The summed E-state index contributed by atoms with van der Waals surface area (Å²) >= 11 is 0. The molecule has 0 aliphatic carbocycles. The maximum absolute atomic E-state index is 15.0. The molecule has 0 amide bonds. The molecule has 0 aliphatic rings. The zero-order valence-electron chi connectivity index (χ0n) is 30.3. The topological polar surface area (TPSA) is 83.8 Å². The lowest BCUT2D eigenvalue weighted by atomic mass is 9.64. The third kappa shape index (κ3) is 7.46. The number of rotatable bonds is 3. The van der Waals surface area contributed by atoms with Gasteiger partial charge in [-0.1, -0.05) is 125 Å². The van der Waals surface area contributed by atoms with Crippen molar-refractivity contribution < 1.29 is 24.5 Å². The number of carbonyl (C=O) groups is 2. The van der Waals surface area contributed by atoms with Crippen LogP contribution in [0.25, 0.3) is 0 Å². The monoisotopic (exact) mass is 594 g/mol. The molecule has 43 heavy (non-hydrogen) atoms. The molecule has 2 aromatic carbocycles. The van der Waals surface area contributed by atoms with Crippen LogP contribution < -0.4 is 4.74 Å². The minimum absolute atomic E-state index is 0.162. The van der Waals surface area contributed by atoms with Crippen molar-refractivity contribution in [3.8, 4) is 11.5 Å². The fourth-order valence-electron chi connectivity index (χ4n) is 6.02. The number of carboxylic acid groups (broad SMARTS) is 1. The number of aromatic carboxylic acids is 1. The lowest BCUT2D eigenvalue weighted by Crippen LogP contribution is -2.34. The SMILES string of the molecule is CC(C)(C)c1cc(C(=O)O)cc(C(C)(C)C)c1OC(=O)c1c(C(C)(C)C)c(C(C)(C)C)c(O)c(C(C)(C)C)c1C(C)(C)C. The summed E-state index contributed by atoms with van der Waals surface area (Å²) in [6.45, 7) is 36.8. The van der Waals surface area contributed by atoms with Crippen molar-refractivity contribution in [2.24, 2.45) is 0 Å². The lowest BCUT2D eigenvalue weighted by molar-refractivity contribution is 0.0696. The van der Waals surface area contributed by atoms with Crippen molar-refractivity contribution in [1.82, 2.24) is 0 Å². The fraction of sp³-hybridized carbons (Fsp3) is 0.632. The summed E-state index contributed by atoms with van der Waals surface area (Å²) in [5.74, 6) is -0.882. The first-order valence-corrected chi connectivity index (χ1v) is 15.4. The highest BCUT2D eigenvalue weighted by Crippen LogP contribution is 2.52. The highest BCUT2D eigenvalue weighted by molar-refractivity contribution is 5.98. The Hall–Kier alpha value is -2.82. The summed E-state index contributed by atoms with van der Waals surface area (Å²) in [5, 5.41) is 22.1. The van der Waals surface area contributed by atoms with Gasteiger partial charge in [-0.25, -0.2) is 9.59 Å².